The molecule has 3 aromatic rings. The fourth-order valence-electron chi connectivity index (χ4n) is 2.49. The number of nitrogens with one attached hydrogen (secondary N) is 2. The van der Waals surface area contributed by atoms with Gasteiger partial charge in [-0.25, -0.2) is 13.5 Å². The number of anilines is 2. The van der Waals surface area contributed by atoms with E-state index >= 15 is 0 Å². The van der Waals surface area contributed by atoms with Crippen LogP contribution in [-0.2, 0) is 11.3 Å². The number of nitrogens with zero attached hydrogens (tertiary/aromatic N) is 3. The lowest BCUT2D eigenvalue weighted by molar-refractivity contribution is -0.117. The first-order valence-electron chi connectivity index (χ1n) is 8.47. The molecule has 0 radical (unpaired) electrons. The number of hydrogen-bond acceptors (Lipinski definition) is 4. The maximum Gasteiger partial charge on any atom is 0.278 e. The van der Waals surface area contributed by atoms with Crippen molar-refractivity contribution in [3.05, 3.63) is 70.0 Å². The fraction of sp³-hybridized carbons (Fsp3) is 0.158. The normalized spacial score (nSPS) is 10.7. The van der Waals surface area contributed by atoms with Crippen LogP contribution in [0.25, 0.3) is 0 Å². The number of carbonyl (C=O) groups excluding carboxylic acids is 2. The predicted molar refractivity (Wildman–Crippen MR) is 104 cm³/mol. The van der Waals surface area contributed by atoms with Crippen LogP contribution in [0.15, 0.2) is 36.4 Å². The second-order valence-corrected chi connectivity index (χ2v) is 6.68. The Hall–Kier alpha value is -3.33. The molecule has 2 aromatic carbocycles. The Balaban J connectivity index is 1.67. The van der Waals surface area contributed by atoms with Crippen LogP contribution in [-0.4, -0.2) is 26.8 Å². The largest absolute Gasteiger partial charge is 0.324 e. The van der Waals surface area contributed by atoms with E-state index in [2.05, 4.69) is 20.9 Å². The van der Waals surface area contributed by atoms with Crippen molar-refractivity contribution in [2.45, 2.75) is 20.4 Å². The van der Waals surface area contributed by atoms with Gasteiger partial charge in [0.05, 0.1) is 10.7 Å². The lowest BCUT2D eigenvalue weighted by Gasteiger charge is -2.07. The molecule has 7 nitrogen and oxygen atoms in total. The second kappa shape index (κ2) is 8.36. The van der Waals surface area contributed by atoms with Crippen molar-refractivity contribution in [1.29, 1.82) is 0 Å². The SMILES string of the molecule is Cc1ccc(NC(=O)c2nnn(CC(=O)Nc3ccc(F)c(Cl)c3)c2C)cc1F. The molecule has 0 saturated carbocycles. The van der Waals surface area contributed by atoms with Gasteiger partial charge in [-0.3, -0.25) is 9.59 Å². The molecule has 1 aromatic heterocycles. The van der Waals surface area contributed by atoms with Crippen LogP contribution >= 0.6 is 11.6 Å². The van der Waals surface area contributed by atoms with Crippen LogP contribution in [0.2, 0.25) is 5.02 Å². The van der Waals surface area contributed by atoms with Crippen molar-refractivity contribution in [3.63, 3.8) is 0 Å². The first-order valence-corrected chi connectivity index (χ1v) is 8.85. The van der Waals surface area contributed by atoms with Crippen LogP contribution in [0.4, 0.5) is 20.2 Å². The highest BCUT2D eigenvalue weighted by atomic mass is 35.5. The van der Waals surface area contributed by atoms with Gasteiger partial charge in [-0.1, -0.05) is 22.9 Å². The van der Waals surface area contributed by atoms with Crippen molar-refractivity contribution in [2.24, 2.45) is 0 Å². The number of benzene rings is 2. The third-order valence-corrected chi connectivity index (χ3v) is 4.41. The van der Waals surface area contributed by atoms with Crippen LogP contribution < -0.4 is 10.6 Å². The van der Waals surface area contributed by atoms with Crippen molar-refractivity contribution in [3.8, 4) is 0 Å². The highest BCUT2D eigenvalue weighted by Gasteiger charge is 2.18. The zero-order valence-corrected chi connectivity index (χ0v) is 16.2. The molecule has 0 spiro atoms. The first-order chi connectivity index (χ1) is 13.7. The number of hydrogen-bond donors (Lipinski definition) is 2. The summed E-state index contributed by atoms with van der Waals surface area (Å²) in [5, 5.41) is 12.6. The minimum Gasteiger partial charge on any atom is -0.324 e. The quantitative estimate of drug-likeness (QED) is 0.659. The van der Waals surface area contributed by atoms with Gasteiger partial charge in [-0.2, -0.15) is 0 Å². The highest BCUT2D eigenvalue weighted by Crippen LogP contribution is 2.19. The molecule has 150 valence electrons. The van der Waals surface area contributed by atoms with E-state index in [-0.39, 0.29) is 22.9 Å². The minimum absolute atomic E-state index is 0.00334. The molecule has 10 heteroatoms. The molecule has 0 saturated heterocycles. The topological polar surface area (TPSA) is 88.9 Å². The number of halogens is 3. The van der Waals surface area contributed by atoms with Crippen LogP contribution in [0.5, 0.6) is 0 Å². The molecule has 0 aliphatic rings. The van der Waals surface area contributed by atoms with Gasteiger partial charge in [-0.15, -0.1) is 5.10 Å². The van der Waals surface area contributed by atoms with E-state index in [9.17, 15) is 18.4 Å². The Morgan fingerprint density at radius 3 is 2.41 bits per heavy atom. The summed E-state index contributed by atoms with van der Waals surface area (Å²) in [6.07, 6.45) is 0. The van der Waals surface area contributed by atoms with E-state index in [1.165, 1.54) is 22.9 Å². The monoisotopic (exact) mass is 419 g/mol. The van der Waals surface area contributed by atoms with Crippen LogP contribution in [0.3, 0.4) is 0 Å². The maximum absolute atomic E-state index is 13.6. The van der Waals surface area contributed by atoms with Crippen LogP contribution in [0.1, 0.15) is 21.7 Å². The molecular weight excluding hydrogens is 404 g/mol. The number of aryl methyl sites for hydroxylation is 1. The lowest BCUT2D eigenvalue weighted by Crippen LogP contribution is -2.21. The van der Waals surface area contributed by atoms with Crippen molar-refractivity contribution < 1.29 is 18.4 Å². The van der Waals surface area contributed by atoms with Crippen LogP contribution in [0, 0.1) is 25.5 Å². The molecule has 3 rings (SSSR count). The molecular formula is C19H16ClF2N5O2. The Morgan fingerprint density at radius 1 is 1.03 bits per heavy atom. The molecule has 0 atom stereocenters. The van der Waals surface area contributed by atoms with Crippen molar-refractivity contribution in [1.82, 2.24) is 15.0 Å². The molecule has 0 aliphatic heterocycles. The summed E-state index contributed by atoms with van der Waals surface area (Å²) in [6.45, 7) is 2.97. The fourth-order valence-corrected chi connectivity index (χ4v) is 2.67. The Bertz CT molecular complexity index is 1100. The number of amides is 2. The number of aromatic nitrogens is 3. The maximum atomic E-state index is 13.6. The van der Waals surface area contributed by atoms with Gasteiger partial charge in [-0.05, 0) is 49.7 Å². The van der Waals surface area contributed by atoms with E-state index in [0.29, 0.717) is 16.9 Å². The van der Waals surface area contributed by atoms with E-state index in [1.54, 1.807) is 26.0 Å². The van der Waals surface area contributed by atoms with Gasteiger partial charge in [0.25, 0.3) is 5.91 Å². The second-order valence-electron chi connectivity index (χ2n) is 6.28. The van der Waals surface area contributed by atoms with Gasteiger partial charge in [0.2, 0.25) is 5.91 Å². The summed E-state index contributed by atoms with van der Waals surface area (Å²) in [6, 6.07) is 8.09. The summed E-state index contributed by atoms with van der Waals surface area (Å²) < 4.78 is 28.1. The number of rotatable bonds is 5. The molecule has 2 amide bonds. The van der Waals surface area contributed by atoms with E-state index in [1.807, 2.05) is 0 Å². The Kier molecular flexibility index (Phi) is 5.88. The van der Waals surface area contributed by atoms with Gasteiger partial charge >= 0.3 is 0 Å². The van der Waals surface area contributed by atoms with Gasteiger partial charge < -0.3 is 10.6 Å². The summed E-state index contributed by atoms with van der Waals surface area (Å²) in [4.78, 5) is 24.6. The van der Waals surface area contributed by atoms with E-state index in [0.717, 1.165) is 6.07 Å². The van der Waals surface area contributed by atoms with Gasteiger partial charge in [0.1, 0.15) is 18.2 Å². The highest BCUT2D eigenvalue weighted by molar-refractivity contribution is 6.31. The Morgan fingerprint density at radius 2 is 1.72 bits per heavy atom. The molecule has 0 fully saturated rings. The average molecular weight is 420 g/mol. The van der Waals surface area contributed by atoms with E-state index < -0.39 is 23.4 Å². The van der Waals surface area contributed by atoms with Gasteiger partial charge in [0.15, 0.2) is 5.69 Å². The number of carbonyl (C=O) groups is 2. The summed E-state index contributed by atoms with van der Waals surface area (Å²) in [5.74, 6) is -2.09. The molecule has 29 heavy (non-hydrogen) atoms. The zero-order valence-electron chi connectivity index (χ0n) is 15.5. The average Bonchev–Trinajstić information content (AvgIpc) is 3.02. The summed E-state index contributed by atoms with van der Waals surface area (Å²) >= 11 is 5.68. The molecule has 0 unspecified atom stereocenters. The predicted octanol–water partition coefficient (Wildman–Crippen LogP) is 3.72. The molecule has 1 heterocycles. The Labute approximate surface area is 169 Å². The molecule has 0 bridgehead atoms. The van der Waals surface area contributed by atoms with Gasteiger partial charge in [0, 0.05) is 11.4 Å². The zero-order chi connectivity index (χ0) is 21.1. The van der Waals surface area contributed by atoms with E-state index in [4.69, 9.17) is 11.6 Å². The summed E-state index contributed by atoms with van der Waals surface area (Å²) in [5.41, 5.74) is 1.40. The molecule has 0 aliphatic carbocycles. The first kappa shape index (κ1) is 20.4. The third-order valence-electron chi connectivity index (χ3n) is 4.12. The summed E-state index contributed by atoms with van der Waals surface area (Å²) in [7, 11) is 0. The molecule has 2 N–H and O–H groups in total. The third kappa shape index (κ3) is 4.75. The van der Waals surface area contributed by atoms with Crippen molar-refractivity contribution >= 4 is 34.8 Å². The lowest BCUT2D eigenvalue weighted by atomic mass is 10.2. The standard InChI is InChI=1S/C19H16ClF2N5O2/c1-10-3-4-13(8-16(10)22)24-19(29)18-11(2)27(26-25-18)9-17(28)23-12-5-6-15(21)14(20)7-12/h3-8H,9H2,1-2H3,(H,23,28)(H,24,29). The smallest absolute Gasteiger partial charge is 0.278 e. The minimum atomic E-state index is -0.596. The van der Waals surface area contributed by atoms with Crippen molar-refractivity contribution in [2.75, 3.05) is 10.6 Å².